The Hall–Kier alpha value is -0.313. The SMILES string of the molecule is C[SiH](C)CCOC(=O)C(C)(C)C(C)(C)C. The number of carbonyl (C=O) groups excluding carboxylic acids is 1. The van der Waals surface area contributed by atoms with Crippen LogP contribution in [0, 0.1) is 10.8 Å². The average Bonchev–Trinajstić information content (AvgIpc) is 2.01. The average molecular weight is 230 g/mol. The van der Waals surface area contributed by atoms with Gasteiger partial charge in [0, 0.05) is 8.80 Å². The van der Waals surface area contributed by atoms with E-state index in [9.17, 15) is 4.79 Å². The lowest BCUT2D eigenvalue weighted by Gasteiger charge is -2.36. The fourth-order valence-corrected chi connectivity index (χ4v) is 1.46. The lowest BCUT2D eigenvalue weighted by Crippen LogP contribution is -2.39. The Kier molecular flexibility index (Phi) is 5.04. The van der Waals surface area contributed by atoms with Crippen molar-refractivity contribution >= 4 is 14.8 Å². The Morgan fingerprint density at radius 3 is 1.93 bits per heavy atom. The summed E-state index contributed by atoms with van der Waals surface area (Å²) >= 11 is 0. The molecule has 0 unspecified atom stereocenters. The molecule has 0 aliphatic carbocycles. The van der Waals surface area contributed by atoms with Crippen molar-refractivity contribution in [2.45, 2.75) is 53.8 Å². The summed E-state index contributed by atoms with van der Waals surface area (Å²) in [6, 6.07) is 1.08. The Morgan fingerprint density at radius 2 is 1.60 bits per heavy atom. The second-order valence-electron chi connectivity index (χ2n) is 6.19. The molecule has 0 saturated heterocycles. The van der Waals surface area contributed by atoms with Gasteiger partial charge in [0.15, 0.2) is 0 Å². The summed E-state index contributed by atoms with van der Waals surface area (Å²) in [5.74, 6) is -0.0651. The van der Waals surface area contributed by atoms with Gasteiger partial charge in [-0.1, -0.05) is 33.9 Å². The lowest BCUT2D eigenvalue weighted by molar-refractivity contribution is -0.159. The van der Waals surface area contributed by atoms with Crippen molar-refractivity contribution < 1.29 is 9.53 Å². The number of ether oxygens (including phenoxy) is 1. The van der Waals surface area contributed by atoms with Crippen LogP contribution in [0.4, 0.5) is 0 Å². The molecule has 15 heavy (non-hydrogen) atoms. The van der Waals surface area contributed by atoms with Crippen molar-refractivity contribution in [3.8, 4) is 0 Å². The third-order valence-corrected chi connectivity index (χ3v) is 4.70. The first-order valence-corrected chi connectivity index (χ1v) is 8.89. The molecule has 0 bridgehead atoms. The van der Waals surface area contributed by atoms with Crippen molar-refractivity contribution in [1.29, 1.82) is 0 Å². The molecule has 0 amide bonds. The van der Waals surface area contributed by atoms with Crippen LogP contribution in [0.2, 0.25) is 19.1 Å². The van der Waals surface area contributed by atoms with Gasteiger partial charge in [0.2, 0.25) is 0 Å². The van der Waals surface area contributed by atoms with Crippen molar-refractivity contribution in [3.63, 3.8) is 0 Å². The van der Waals surface area contributed by atoms with Gasteiger partial charge >= 0.3 is 5.97 Å². The summed E-state index contributed by atoms with van der Waals surface area (Å²) in [6.45, 7) is 15.3. The van der Waals surface area contributed by atoms with Crippen LogP contribution in [0.3, 0.4) is 0 Å². The molecule has 0 spiro atoms. The predicted octanol–water partition coefficient (Wildman–Crippen LogP) is 3.09. The van der Waals surface area contributed by atoms with Gasteiger partial charge in [-0.2, -0.15) is 0 Å². The smallest absolute Gasteiger partial charge is 0.312 e. The molecule has 90 valence electrons. The maximum atomic E-state index is 11.9. The highest BCUT2D eigenvalue weighted by molar-refractivity contribution is 6.55. The predicted molar refractivity (Wildman–Crippen MR) is 67.9 cm³/mol. The van der Waals surface area contributed by atoms with Crippen LogP contribution < -0.4 is 0 Å². The zero-order chi connectivity index (χ0) is 12.3. The Morgan fingerprint density at radius 1 is 1.13 bits per heavy atom. The topological polar surface area (TPSA) is 26.3 Å². The van der Waals surface area contributed by atoms with E-state index >= 15 is 0 Å². The first-order valence-electron chi connectivity index (χ1n) is 5.76. The second-order valence-corrected chi connectivity index (χ2v) is 9.56. The van der Waals surface area contributed by atoms with Gasteiger partial charge in [-0.05, 0) is 25.3 Å². The number of hydrogen-bond donors (Lipinski definition) is 0. The monoisotopic (exact) mass is 230 g/mol. The molecule has 0 aliphatic rings. The van der Waals surface area contributed by atoms with Crippen molar-refractivity contribution in [2.24, 2.45) is 10.8 Å². The number of esters is 1. The molecule has 2 nitrogen and oxygen atoms in total. The fourth-order valence-electron chi connectivity index (χ4n) is 0.874. The summed E-state index contributed by atoms with van der Waals surface area (Å²) in [5, 5.41) is 0. The number of hydrogen-bond acceptors (Lipinski definition) is 2. The van der Waals surface area contributed by atoms with E-state index in [1.165, 1.54) is 0 Å². The van der Waals surface area contributed by atoms with Crippen LogP contribution >= 0.6 is 0 Å². The van der Waals surface area contributed by atoms with Crippen LogP contribution in [0.5, 0.6) is 0 Å². The summed E-state index contributed by atoms with van der Waals surface area (Å²) in [4.78, 5) is 11.9. The standard InChI is InChI=1S/C12H26O2Si/c1-11(2,3)12(4,5)10(13)14-8-9-15(6)7/h15H,8-9H2,1-7H3. The van der Waals surface area contributed by atoms with E-state index in [1.54, 1.807) is 0 Å². The molecule has 0 radical (unpaired) electrons. The fraction of sp³-hybridized carbons (Fsp3) is 0.917. The second kappa shape index (κ2) is 5.15. The normalized spacial score (nSPS) is 13.1. The van der Waals surface area contributed by atoms with Gasteiger partial charge in [0.05, 0.1) is 12.0 Å². The first-order chi connectivity index (χ1) is 6.59. The minimum absolute atomic E-state index is 0.0562. The summed E-state index contributed by atoms with van der Waals surface area (Å²) in [7, 11) is -0.603. The molecule has 3 heteroatoms. The lowest BCUT2D eigenvalue weighted by atomic mass is 9.69. The molecule has 0 aliphatic heterocycles. The van der Waals surface area contributed by atoms with E-state index in [0.29, 0.717) is 6.61 Å². The third kappa shape index (κ3) is 4.37. The largest absolute Gasteiger partial charge is 0.466 e. The Balaban J connectivity index is 4.21. The van der Waals surface area contributed by atoms with Crippen LogP contribution in [-0.2, 0) is 9.53 Å². The third-order valence-electron chi connectivity index (χ3n) is 3.31. The summed E-state index contributed by atoms with van der Waals surface area (Å²) < 4.78 is 5.34. The summed E-state index contributed by atoms with van der Waals surface area (Å²) in [5.41, 5.74) is -0.467. The van der Waals surface area contributed by atoms with E-state index in [2.05, 4.69) is 33.9 Å². The highest BCUT2D eigenvalue weighted by Gasteiger charge is 2.41. The molecule has 0 rings (SSSR count). The van der Waals surface area contributed by atoms with E-state index < -0.39 is 14.2 Å². The zero-order valence-corrected chi connectivity index (χ0v) is 12.5. The van der Waals surface area contributed by atoms with E-state index in [0.717, 1.165) is 6.04 Å². The minimum atomic E-state index is -0.603. The van der Waals surface area contributed by atoms with Crippen LogP contribution in [0.25, 0.3) is 0 Å². The van der Waals surface area contributed by atoms with Gasteiger partial charge in [-0.3, -0.25) is 4.79 Å². The van der Waals surface area contributed by atoms with Crippen molar-refractivity contribution in [2.75, 3.05) is 6.61 Å². The van der Waals surface area contributed by atoms with Crippen LogP contribution in [-0.4, -0.2) is 21.4 Å². The zero-order valence-electron chi connectivity index (χ0n) is 11.3. The van der Waals surface area contributed by atoms with Crippen LogP contribution in [0.1, 0.15) is 34.6 Å². The van der Waals surface area contributed by atoms with E-state index in [4.69, 9.17) is 4.74 Å². The molecule has 0 N–H and O–H groups in total. The minimum Gasteiger partial charge on any atom is -0.466 e. The van der Waals surface area contributed by atoms with Crippen molar-refractivity contribution in [1.82, 2.24) is 0 Å². The molecule has 0 aromatic rings. The highest BCUT2D eigenvalue weighted by atomic mass is 28.3. The molecular formula is C12H26O2Si. The summed E-state index contributed by atoms with van der Waals surface area (Å²) in [6.07, 6.45) is 0. The van der Waals surface area contributed by atoms with Gasteiger partial charge in [-0.15, -0.1) is 0 Å². The van der Waals surface area contributed by atoms with Crippen molar-refractivity contribution in [3.05, 3.63) is 0 Å². The number of carbonyl (C=O) groups is 1. The molecular weight excluding hydrogens is 204 g/mol. The molecule has 0 atom stereocenters. The quantitative estimate of drug-likeness (QED) is 0.548. The Labute approximate surface area is 96.0 Å². The van der Waals surface area contributed by atoms with Gasteiger partial charge in [0.25, 0.3) is 0 Å². The van der Waals surface area contributed by atoms with Gasteiger partial charge in [0.1, 0.15) is 0 Å². The van der Waals surface area contributed by atoms with Gasteiger partial charge < -0.3 is 4.74 Å². The first kappa shape index (κ1) is 14.7. The highest BCUT2D eigenvalue weighted by Crippen LogP contribution is 2.38. The molecule has 0 aromatic heterocycles. The van der Waals surface area contributed by atoms with Gasteiger partial charge in [-0.25, -0.2) is 0 Å². The van der Waals surface area contributed by atoms with E-state index in [1.807, 2.05) is 13.8 Å². The molecule has 0 fully saturated rings. The molecule has 0 heterocycles. The number of rotatable bonds is 4. The van der Waals surface area contributed by atoms with Crippen LogP contribution in [0.15, 0.2) is 0 Å². The molecule has 0 saturated carbocycles. The maximum absolute atomic E-state index is 11.9. The molecule has 0 aromatic carbocycles. The maximum Gasteiger partial charge on any atom is 0.312 e. The Bertz CT molecular complexity index is 214. The van der Waals surface area contributed by atoms with E-state index in [-0.39, 0.29) is 11.4 Å².